The third-order valence-electron chi connectivity index (χ3n) is 3.15. The van der Waals surface area contributed by atoms with Crippen LogP contribution in [-0.4, -0.2) is 35.8 Å². The first-order chi connectivity index (χ1) is 9.06. The Morgan fingerprint density at radius 2 is 2.05 bits per heavy atom. The van der Waals surface area contributed by atoms with E-state index < -0.39 is 6.04 Å². The lowest BCUT2D eigenvalue weighted by Gasteiger charge is -2.34. The summed E-state index contributed by atoms with van der Waals surface area (Å²) in [4.78, 5) is 25.8. The number of piperazine rings is 1. The molecule has 0 aromatic heterocycles. The zero-order valence-electron chi connectivity index (χ0n) is 10.5. The molecule has 1 aliphatic heterocycles. The zero-order valence-corrected chi connectivity index (χ0v) is 12.0. The van der Waals surface area contributed by atoms with E-state index in [1.807, 2.05) is 6.92 Å². The summed E-state index contributed by atoms with van der Waals surface area (Å²) in [6.45, 7) is 2.78. The Balaban J connectivity index is 2.35. The quantitative estimate of drug-likeness (QED) is 0.911. The normalized spacial score (nSPS) is 19.2. The molecule has 0 saturated carbocycles. The summed E-state index contributed by atoms with van der Waals surface area (Å²) in [5.41, 5.74) is 0.263. The molecule has 1 atom stereocenters. The van der Waals surface area contributed by atoms with Crippen molar-refractivity contribution in [1.82, 2.24) is 10.2 Å². The van der Waals surface area contributed by atoms with Crippen molar-refractivity contribution in [2.75, 3.05) is 13.1 Å². The molecule has 19 heavy (non-hydrogen) atoms. The molecular weight excluding hydrogens is 287 g/mol. The predicted octanol–water partition coefficient (Wildman–Crippen LogP) is 2.34. The minimum absolute atomic E-state index is 0.134. The van der Waals surface area contributed by atoms with Crippen LogP contribution in [0, 0.1) is 0 Å². The van der Waals surface area contributed by atoms with E-state index in [1.54, 1.807) is 18.2 Å². The van der Waals surface area contributed by atoms with Gasteiger partial charge in [-0.3, -0.25) is 9.59 Å². The first-order valence-corrected chi connectivity index (χ1v) is 6.84. The Morgan fingerprint density at radius 1 is 1.42 bits per heavy atom. The molecule has 2 rings (SSSR count). The van der Waals surface area contributed by atoms with Gasteiger partial charge in [-0.1, -0.05) is 36.2 Å². The second-order valence-electron chi connectivity index (χ2n) is 4.31. The molecule has 1 heterocycles. The summed E-state index contributed by atoms with van der Waals surface area (Å²) in [6, 6.07) is 4.45. The molecule has 1 saturated heterocycles. The molecule has 1 aliphatic rings. The van der Waals surface area contributed by atoms with Crippen molar-refractivity contribution < 1.29 is 9.59 Å². The molecule has 1 aromatic carbocycles. The molecule has 0 radical (unpaired) electrons. The molecule has 102 valence electrons. The Kier molecular flexibility index (Phi) is 4.32. The van der Waals surface area contributed by atoms with E-state index in [9.17, 15) is 9.59 Å². The average molecular weight is 301 g/mol. The Hall–Kier alpha value is -1.26. The van der Waals surface area contributed by atoms with E-state index >= 15 is 0 Å². The number of halogens is 2. The number of hydrogen-bond donors (Lipinski definition) is 1. The van der Waals surface area contributed by atoms with Gasteiger partial charge in [0.15, 0.2) is 0 Å². The van der Waals surface area contributed by atoms with Crippen molar-refractivity contribution in [3.63, 3.8) is 0 Å². The van der Waals surface area contributed by atoms with E-state index in [0.717, 1.165) is 0 Å². The highest BCUT2D eigenvalue weighted by molar-refractivity contribution is 6.39. The van der Waals surface area contributed by atoms with Crippen LogP contribution in [0.1, 0.15) is 23.7 Å². The molecule has 4 nitrogen and oxygen atoms in total. The van der Waals surface area contributed by atoms with Crippen LogP contribution in [0.4, 0.5) is 0 Å². The monoisotopic (exact) mass is 300 g/mol. The van der Waals surface area contributed by atoms with Gasteiger partial charge >= 0.3 is 0 Å². The van der Waals surface area contributed by atoms with Gasteiger partial charge in [-0.15, -0.1) is 0 Å². The first kappa shape index (κ1) is 14.2. The van der Waals surface area contributed by atoms with Crippen LogP contribution in [0.2, 0.25) is 10.0 Å². The minimum Gasteiger partial charge on any atom is -0.353 e. The van der Waals surface area contributed by atoms with Crippen LogP contribution in [0.25, 0.3) is 0 Å². The van der Waals surface area contributed by atoms with Gasteiger partial charge in [-0.05, 0) is 18.6 Å². The third kappa shape index (κ3) is 2.69. The first-order valence-electron chi connectivity index (χ1n) is 6.09. The summed E-state index contributed by atoms with van der Waals surface area (Å²) in [5, 5.41) is 3.36. The predicted molar refractivity (Wildman–Crippen MR) is 74.6 cm³/mol. The number of carbonyl (C=O) groups excluding carboxylic acids is 2. The molecule has 0 spiro atoms. The summed E-state index contributed by atoms with van der Waals surface area (Å²) in [6.07, 6.45) is 0.555. The summed E-state index contributed by atoms with van der Waals surface area (Å²) >= 11 is 12.1. The summed E-state index contributed by atoms with van der Waals surface area (Å²) < 4.78 is 0. The van der Waals surface area contributed by atoms with Gasteiger partial charge in [0, 0.05) is 13.1 Å². The maximum absolute atomic E-state index is 12.5. The maximum Gasteiger partial charge on any atom is 0.257 e. The Morgan fingerprint density at radius 3 is 2.63 bits per heavy atom. The van der Waals surface area contributed by atoms with Gasteiger partial charge in [0.25, 0.3) is 5.91 Å². The second kappa shape index (κ2) is 5.80. The largest absolute Gasteiger partial charge is 0.353 e. The molecule has 0 aliphatic carbocycles. The number of benzene rings is 1. The average Bonchev–Trinajstić information content (AvgIpc) is 2.38. The van der Waals surface area contributed by atoms with E-state index in [4.69, 9.17) is 23.2 Å². The number of carbonyl (C=O) groups is 2. The number of nitrogens with zero attached hydrogens (tertiary/aromatic N) is 1. The van der Waals surface area contributed by atoms with Crippen LogP contribution in [0.3, 0.4) is 0 Å². The maximum atomic E-state index is 12.5. The van der Waals surface area contributed by atoms with E-state index in [2.05, 4.69) is 5.32 Å². The summed E-state index contributed by atoms with van der Waals surface area (Å²) in [5.74, 6) is -0.428. The van der Waals surface area contributed by atoms with Crippen molar-refractivity contribution in [2.45, 2.75) is 19.4 Å². The van der Waals surface area contributed by atoms with Crippen LogP contribution >= 0.6 is 23.2 Å². The molecule has 1 N–H and O–H groups in total. The fourth-order valence-electron chi connectivity index (χ4n) is 2.21. The smallest absolute Gasteiger partial charge is 0.257 e. The molecule has 1 aromatic rings. The van der Waals surface area contributed by atoms with E-state index in [-0.39, 0.29) is 17.4 Å². The number of hydrogen-bond acceptors (Lipinski definition) is 2. The highest BCUT2D eigenvalue weighted by Gasteiger charge is 2.33. The van der Waals surface area contributed by atoms with Crippen molar-refractivity contribution >= 4 is 35.0 Å². The fourth-order valence-corrected chi connectivity index (χ4v) is 2.77. The van der Waals surface area contributed by atoms with Gasteiger partial charge < -0.3 is 10.2 Å². The third-order valence-corrected chi connectivity index (χ3v) is 3.78. The van der Waals surface area contributed by atoms with E-state index in [0.29, 0.717) is 29.6 Å². The number of rotatable bonds is 2. The molecule has 1 fully saturated rings. The highest BCUT2D eigenvalue weighted by Crippen LogP contribution is 2.27. The van der Waals surface area contributed by atoms with Crippen LogP contribution < -0.4 is 5.32 Å². The number of amides is 2. The standard InChI is InChI=1S/C13H14Cl2N2O2/c1-2-10-12(18)16-6-7-17(10)13(19)11-8(14)4-3-5-9(11)15/h3-5,10H,2,6-7H2,1H3,(H,16,18). The van der Waals surface area contributed by atoms with Crippen LogP contribution in [0.5, 0.6) is 0 Å². The van der Waals surface area contributed by atoms with Gasteiger partial charge in [0.1, 0.15) is 6.04 Å². The molecule has 0 bridgehead atoms. The SMILES string of the molecule is CCC1C(=O)NCCN1C(=O)c1c(Cl)cccc1Cl. The van der Waals surface area contributed by atoms with Gasteiger partial charge in [0.05, 0.1) is 15.6 Å². The van der Waals surface area contributed by atoms with Crippen molar-refractivity contribution in [2.24, 2.45) is 0 Å². The Bertz CT molecular complexity index is 499. The minimum atomic E-state index is -0.464. The lowest BCUT2D eigenvalue weighted by Crippen LogP contribution is -2.57. The van der Waals surface area contributed by atoms with Crippen molar-refractivity contribution in [3.05, 3.63) is 33.8 Å². The second-order valence-corrected chi connectivity index (χ2v) is 5.12. The molecule has 2 amide bonds. The van der Waals surface area contributed by atoms with Crippen LogP contribution in [-0.2, 0) is 4.79 Å². The summed E-state index contributed by atoms with van der Waals surface area (Å²) in [7, 11) is 0. The lowest BCUT2D eigenvalue weighted by atomic mass is 10.1. The molecular formula is C13H14Cl2N2O2. The van der Waals surface area contributed by atoms with Crippen molar-refractivity contribution in [3.8, 4) is 0 Å². The molecule has 1 unspecified atom stereocenters. The molecule has 6 heteroatoms. The van der Waals surface area contributed by atoms with Gasteiger partial charge in [0.2, 0.25) is 5.91 Å². The number of nitrogens with one attached hydrogen (secondary N) is 1. The lowest BCUT2D eigenvalue weighted by molar-refractivity contribution is -0.127. The van der Waals surface area contributed by atoms with E-state index in [1.165, 1.54) is 4.90 Å². The highest BCUT2D eigenvalue weighted by atomic mass is 35.5. The Labute approximate surface area is 121 Å². The zero-order chi connectivity index (χ0) is 14.0. The van der Waals surface area contributed by atoms with Crippen LogP contribution in [0.15, 0.2) is 18.2 Å². The van der Waals surface area contributed by atoms with Gasteiger partial charge in [-0.25, -0.2) is 0 Å². The fraction of sp³-hybridized carbons (Fsp3) is 0.385. The van der Waals surface area contributed by atoms with Gasteiger partial charge in [-0.2, -0.15) is 0 Å². The van der Waals surface area contributed by atoms with Crippen molar-refractivity contribution in [1.29, 1.82) is 0 Å². The topological polar surface area (TPSA) is 49.4 Å².